The summed E-state index contributed by atoms with van der Waals surface area (Å²) in [4.78, 5) is 8.91. The van der Waals surface area contributed by atoms with Crippen LogP contribution in [0.25, 0.3) is 22.4 Å². The second-order valence-electron chi connectivity index (χ2n) is 6.03. The van der Waals surface area contributed by atoms with E-state index in [1.54, 1.807) is 7.11 Å². The van der Waals surface area contributed by atoms with Crippen LogP contribution in [-0.4, -0.2) is 37.1 Å². The van der Waals surface area contributed by atoms with E-state index in [-0.39, 0.29) is 0 Å². The summed E-state index contributed by atoms with van der Waals surface area (Å²) in [6.07, 6.45) is 1.54. The number of hydrogen-bond donors (Lipinski definition) is 1. The Kier molecular flexibility index (Phi) is 4.08. The molecule has 0 saturated heterocycles. The van der Waals surface area contributed by atoms with E-state index in [1.165, 1.54) is 6.20 Å². The van der Waals surface area contributed by atoms with Gasteiger partial charge in [0, 0.05) is 11.3 Å². The molecule has 0 bridgehead atoms. The molecular weight excluding hydrogens is 352 g/mol. The number of methoxy groups -OCH3 is 1. The molecule has 0 saturated carbocycles. The molecule has 4 aromatic rings. The molecule has 0 amide bonds. The van der Waals surface area contributed by atoms with Gasteiger partial charge in [0.25, 0.3) is 0 Å². The lowest BCUT2D eigenvalue weighted by Gasteiger charge is -2.05. The number of aryl methyl sites for hydroxylation is 2. The number of rotatable bonds is 4. The van der Waals surface area contributed by atoms with Gasteiger partial charge in [0.05, 0.1) is 25.5 Å². The molecule has 0 aliphatic carbocycles. The second-order valence-corrected chi connectivity index (χ2v) is 6.42. The summed E-state index contributed by atoms with van der Waals surface area (Å²) in [5.74, 6) is 0.812. The van der Waals surface area contributed by atoms with Crippen LogP contribution in [0.2, 0.25) is 5.15 Å². The standard InChI is InChI=1S/C18H17ClN6O/c1-10-15(11(2)23-22-10)16-17-18(21-14(19)8-20-17)25(24-16)9-12-4-6-13(26-3)7-5-12/h4-8H,9H2,1-3H3,(H,22,23). The number of nitrogens with zero attached hydrogens (tertiary/aromatic N) is 5. The maximum atomic E-state index is 6.08. The Morgan fingerprint density at radius 2 is 1.96 bits per heavy atom. The smallest absolute Gasteiger partial charge is 0.179 e. The van der Waals surface area contributed by atoms with E-state index >= 15 is 0 Å². The average molecular weight is 369 g/mol. The first-order chi connectivity index (χ1) is 12.6. The molecule has 0 aliphatic rings. The summed E-state index contributed by atoms with van der Waals surface area (Å²) in [5.41, 5.74) is 5.93. The highest BCUT2D eigenvalue weighted by molar-refractivity contribution is 6.29. The van der Waals surface area contributed by atoms with E-state index in [4.69, 9.17) is 21.4 Å². The molecule has 0 atom stereocenters. The number of benzene rings is 1. The van der Waals surface area contributed by atoms with Crippen molar-refractivity contribution in [3.8, 4) is 17.0 Å². The summed E-state index contributed by atoms with van der Waals surface area (Å²) in [6, 6.07) is 7.84. The lowest BCUT2D eigenvalue weighted by Crippen LogP contribution is -2.03. The fourth-order valence-electron chi connectivity index (χ4n) is 3.00. The summed E-state index contributed by atoms with van der Waals surface area (Å²) in [6.45, 7) is 4.45. The van der Waals surface area contributed by atoms with Crippen molar-refractivity contribution >= 4 is 22.8 Å². The number of aromatic amines is 1. The van der Waals surface area contributed by atoms with Gasteiger partial charge in [-0.2, -0.15) is 10.2 Å². The van der Waals surface area contributed by atoms with Gasteiger partial charge in [0.1, 0.15) is 22.1 Å². The van der Waals surface area contributed by atoms with Gasteiger partial charge >= 0.3 is 0 Å². The van der Waals surface area contributed by atoms with Crippen LogP contribution in [0.1, 0.15) is 17.0 Å². The first kappa shape index (κ1) is 16.5. The third-order valence-electron chi connectivity index (χ3n) is 4.27. The molecule has 8 heteroatoms. The van der Waals surface area contributed by atoms with Gasteiger partial charge in [0.2, 0.25) is 0 Å². The van der Waals surface area contributed by atoms with Crippen molar-refractivity contribution in [2.24, 2.45) is 0 Å². The molecule has 1 aromatic carbocycles. The quantitative estimate of drug-likeness (QED) is 0.595. The first-order valence-corrected chi connectivity index (χ1v) is 8.48. The van der Waals surface area contributed by atoms with Crippen molar-refractivity contribution in [1.29, 1.82) is 0 Å². The van der Waals surface area contributed by atoms with Crippen LogP contribution in [-0.2, 0) is 6.54 Å². The average Bonchev–Trinajstić information content (AvgIpc) is 3.15. The van der Waals surface area contributed by atoms with E-state index in [1.807, 2.05) is 42.8 Å². The molecule has 0 fully saturated rings. The number of H-pyrrole nitrogens is 1. The summed E-state index contributed by atoms with van der Waals surface area (Å²) in [7, 11) is 1.65. The Morgan fingerprint density at radius 1 is 1.19 bits per heavy atom. The van der Waals surface area contributed by atoms with Crippen molar-refractivity contribution in [3.63, 3.8) is 0 Å². The second kappa shape index (κ2) is 6.42. The fraction of sp³-hybridized carbons (Fsp3) is 0.222. The molecule has 132 valence electrons. The number of nitrogens with one attached hydrogen (secondary N) is 1. The van der Waals surface area contributed by atoms with Crippen molar-refractivity contribution in [2.45, 2.75) is 20.4 Å². The van der Waals surface area contributed by atoms with E-state index in [9.17, 15) is 0 Å². The fourth-order valence-corrected chi connectivity index (χ4v) is 3.13. The zero-order chi connectivity index (χ0) is 18.3. The molecule has 26 heavy (non-hydrogen) atoms. The van der Waals surface area contributed by atoms with Crippen LogP contribution in [0.15, 0.2) is 30.5 Å². The first-order valence-electron chi connectivity index (χ1n) is 8.10. The minimum Gasteiger partial charge on any atom is -0.497 e. The lowest BCUT2D eigenvalue weighted by molar-refractivity contribution is 0.414. The molecule has 0 unspecified atom stereocenters. The van der Waals surface area contributed by atoms with Gasteiger partial charge in [0.15, 0.2) is 5.65 Å². The Labute approximate surface area is 155 Å². The maximum absolute atomic E-state index is 6.08. The minimum atomic E-state index is 0.334. The minimum absolute atomic E-state index is 0.334. The van der Waals surface area contributed by atoms with Gasteiger partial charge in [-0.25, -0.2) is 14.6 Å². The Morgan fingerprint density at radius 3 is 2.62 bits per heavy atom. The molecule has 3 aromatic heterocycles. The van der Waals surface area contributed by atoms with Crippen LogP contribution < -0.4 is 4.74 Å². The molecule has 7 nitrogen and oxygen atoms in total. The zero-order valence-corrected chi connectivity index (χ0v) is 15.4. The number of aromatic nitrogens is 6. The molecule has 0 aliphatic heterocycles. The van der Waals surface area contributed by atoms with Crippen LogP contribution in [0, 0.1) is 13.8 Å². The van der Waals surface area contributed by atoms with Gasteiger partial charge < -0.3 is 4.74 Å². The van der Waals surface area contributed by atoms with Crippen molar-refractivity contribution in [2.75, 3.05) is 7.11 Å². The van der Waals surface area contributed by atoms with Crippen LogP contribution >= 0.6 is 11.6 Å². The number of halogens is 1. The topological polar surface area (TPSA) is 81.5 Å². The van der Waals surface area contributed by atoms with E-state index in [0.717, 1.165) is 34.0 Å². The Bertz CT molecular complexity index is 1060. The summed E-state index contributed by atoms with van der Waals surface area (Å²) >= 11 is 6.08. The molecule has 0 radical (unpaired) electrons. The summed E-state index contributed by atoms with van der Waals surface area (Å²) in [5, 5.41) is 12.4. The van der Waals surface area contributed by atoms with Gasteiger partial charge in [-0.15, -0.1) is 0 Å². The third-order valence-corrected chi connectivity index (χ3v) is 4.45. The predicted molar refractivity (Wildman–Crippen MR) is 99.5 cm³/mol. The molecule has 4 rings (SSSR count). The third kappa shape index (κ3) is 2.80. The van der Waals surface area contributed by atoms with Crippen molar-refractivity contribution in [3.05, 3.63) is 52.6 Å². The number of fused-ring (bicyclic) bond motifs is 1. The van der Waals surface area contributed by atoms with Gasteiger partial charge in [-0.3, -0.25) is 5.10 Å². The molecular formula is C18H17ClN6O. The maximum Gasteiger partial charge on any atom is 0.179 e. The van der Waals surface area contributed by atoms with Crippen LogP contribution in [0.4, 0.5) is 0 Å². The van der Waals surface area contributed by atoms with E-state index in [0.29, 0.717) is 22.9 Å². The molecule has 1 N–H and O–H groups in total. The van der Waals surface area contributed by atoms with Crippen LogP contribution in [0.3, 0.4) is 0 Å². The zero-order valence-electron chi connectivity index (χ0n) is 14.6. The van der Waals surface area contributed by atoms with Gasteiger partial charge in [-0.05, 0) is 31.5 Å². The predicted octanol–water partition coefficient (Wildman–Crippen LogP) is 3.54. The van der Waals surface area contributed by atoms with Crippen molar-refractivity contribution in [1.82, 2.24) is 29.9 Å². The Hall–Kier alpha value is -2.93. The van der Waals surface area contributed by atoms with Crippen LogP contribution in [0.5, 0.6) is 5.75 Å². The number of ether oxygens (including phenoxy) is 1. The molecule has 3 heterocycles. The lowest BCUT2D eigenvalue weighted by atomic mass is 10.1. The largest absolute Gasteiger partial charge is 0.497 e. The highest BCUT2D eigenvalue weighted by Crippen LogP contribution is 2.30. The highest BCUT2D eigenvalue weighted by Gasteiger charge is 2.20. The Balaban J connectivity index is 1.85. The van der Waals surface area contributed by atoms with Crippen molar-refractivity contribution < 1.29 is 4.74 Å². The highest BCUT2D eigenvalue weighted by atomic mass is 35.5. The van der Waals surface area contributed by atoms with Gasteiger partial charge in [-0.1, -0.05) is 23.7 Å². The number of hydrogen-bond acceptors (Lipinski definition) is 5. The van der Waals surface area contributed by atoms with E-state index in [2.05, 4.69) is 20.2 Å². The monoisotopic (exact) mass is 368 g/mol. The summed E-state index contributed by atoms with van der Waals surface area (Å²) < 4.78 is 7.03. The molecule has 0 spiro atoms. The normalized spacial score (nSPS) is 11.2. The van der Waals surface area contributed by atoms with E-state index < -0.39 is 0 Å². The SMILES string of the molecule is COc1ccc(Cn2nc(-c3c(C)n[nH]c3C)c3ncc(Cl)nc32)cc1.